The molecule has 2 aromatic rings. The lowest BCUT2D eigenvalue weighted by atomic mass is 10.1. The van der Waals surface area contributed by atoms with Crippen LogP contribution in [0, 0.1) is 5.92 Å². The highest BCUT2D eigenvalue weighted by Crippen LogP contribution is 2.32. The molecule has 1 saturated carbocycles. The second-order valence-electron chi connectivity index (χ2n) is 5.15. The fourth-order valence-corrected chi connectivity index (χ4v) is 2.37. The van der Waals surface area contributed by atoms with Crippen LogP contribution >= 0.6 is 0 Å². The maximum Gasteiger partial charge on any atom is 0.134 e. The summed E-state index contributed by atoms with van der Waals surface area (Å²) in [6, 6.07) is 10.1. The van der Waals surface area contributed by atoms with Crippen molar-refractivity contribution in [1.29, 1.82) is 0 Å². The smallest absolute Gasteiger partial charge is 0.134 e. The molecule has 1 aliphatic carbocycles. The number of hydrogen-bond acceptors (Lipinski definition) is 3. The minimum Gasteiger partial charge on any atom is -0.392 e. The molecule has 0 aliphatic heterocycles. The van der Waals surface area contributed by atoms with E-state index in [-0.39, 0.29) is 6.61 Å². The third kappa shape index (κ3) is 2.18. The number of aromatic nitrogens is 1. The molecule has 1 heterocycles. The average molecular weight is 242 g/mol. The summed E-state index contributed by atoms with van der Waals surface area (Å²) in [5, 5.41) is 10.6. The van der Waals surface area contributed by atoms with Gasteiger partial charge < -0.3 is 10.0 Å². The Labute approximate surface area is 107 Å². The maximum atomic E-state index is 9.51. The van der Waals surface area contributed by atoms with Gasteiger partial charge >= 0.3 is 0 Å². The molecule has 1 aliphatic rings. The number of para-hydroxylation sites is 1. The van der Waals surface area contributed by atoms with E-state index < -0.39 is 0 Å². The first-order valence-electron chi connectivity index (χ1n) is 6.48. The summed E-state index contributed by atoms with van der Waals surface area (Å²) in [6.45, 7) is 1.08. The number of pyridine rings is 1. The largest absolute Gasteiger partial charge is 0.392 e. The van der Waals surface area contributed by atoms with E-state index in [0.29, 0.717) is 0 Å². The molecule has 18 heavy (non-hydrogen) atoms. The number of aliphatic hydroxyl groups excluding tert-OH is 1. The monoisotopic (exact) mass is 242 g/mol. The number of rotatable bonds is 4. The molecular formula is C15H18N2O. The van der Waals surface area contributed by atoms with Gasteiger partial charge in [0, 0.05) is 24.5 Å². The average Bonchev–Trinajstić information content (AvgIpc) is 3.21. The van der Waals surface area contributed by atoms with Gasteiger partial charge in [-0.3, -0.25) is 0 Å². The lowest BCUT2D eigenvalue weighted by Gasteiger charge is -2.21. The first-order valence-corrected chi connectivity index (χ1v) is 6.48. The summed E-state index contributed by atoms with van der Waals surface area (Å²) < 4.78 is 0. The fourth-order valence-electron chi connectivity index (χ4n) is 2.37. The zero-order valence-corrected chi connectivity index (χ0v) is 10.6. The van der Waals surface area contributed by atoms with Gasteiger partial charge in [-0.15, -0.1) is 0 Å². The lowest BCUT2D eigenvalue weighted by molar-refractivity contribution is 0.282. The summed E-state index contributed by atoms with van der Waals surface area (Å²) in [6.07, 6.45) is 2.65. The molecule has 0 saturated heterocycles. The number of fused-ring (bicyclic) bond motifs is 1. The number of hydrogen-bond donors (Lipinski definition) is 1. The molecule has 3 heteroatoms. The topological polar surface area (TPSA) is 36.4 Å². The van der Waals surface area contributed by atoms with E-state index in [0.717, 1.165) is 34.7 Å². The van der Waals surface area contributed by atoms with Gasteiger partial charge in [-0.05, 0) is 30.9 Å². The van der Waals surface area contributed by atoms with Gasteiger partial charge in [0.2, 0.25) is 0 Å². The van der Waals surface area contributed by atoms with Gasteiger partial charge in [0.15, 0.2) is 0 Å². The van der Waals surface area contributed by atoms with Crippen molar-refractivity contribution in [2.75, 3.05) is 18.5 Å². The summed E-state index contributed by atoms with van der Waals surface area (Å²) in [5.74, 6) is 1.73. The van der Waals surface area contributed by atoms with Crippen LogP contribution in [-0.2, 0) is 6.61 Å². The van der Waals surface area contributed by atoms with Crippen LogP contribution in [0.3, 0.4) is 0 Å². The molecule has 0 bridgehead atoms. The zero-order valence-electron chi connectivity index (χ0n) is 10.6. The minimum atomic E-state index is 0.0438. The Bertz CT molecular complexity index is 563. The van der Waals surface area contributed by atoms with Crippen molar-refractivity contribution in [2.24, 2.45) is 5.92 Å². The third-order valence-electron chi connectivity index (χ3n) is 3.54. The molecule has 3 nitrogen and oxygen atoms in total. The molecule has 0 atom stereocenters. The summed E-state index contributed by atoms with van der Waals surface area (Å²) >= 11 is 0. The van der Waals surface area contributed by atoms with Crippen molar-refractivity contribution >= 4 is 16.7 Å². The number of aliphatic hydroxyl groups is 1. The first kappa shape index (κ1) is 11.5. The van der Waals surface area contributed by atoms with Crippen molar-refractivity contribution in [3.05, 3.63) is 35.9 Å². The molecule has 0 unspecified atom stereocenters. The predicted molar refractivity (Wildman–Crippen MR) is 73.7 cm³/mol. The van der Waals surface area contributed by atoms with E-state index >= 15 is 0 Å². The second kappa shape index (κ2) is 4.58. The molecule has 1 N–H and O–H groups in total. The quantitative estimate of drug-likeness (QED) is 0.895. The highest BCUT2D eigenvalue weighted by atomic mass is 16.3. The van der Waals surface area contributed by atoms with E-state index in [1.807, 2.05) is 30.3 Å². The molecule has 0 amide bonds. The van der Waals surface area contributed by atoms with E-state index in [1.54, 1.807) is 0 Å². The first-order chi connectivity index (χ1) is 8.78. The van der Waals surface area contributed by atoms with Gasteiger partial charge in [0.25, 0.3) is 0 Å². The Morgan fingerprint density at radius 3 is 2.83 bits per heavy atom. The number of nitrogens with zero attached hydrogens (tertiary/aromatic N) is 2. The summed E-state index contributed by atoms with van der Waals surface area (Å²) in [5.41, 5.74) is 1.91. The van der Waals surface area contributed by atoms with Crippen LogP contribution in [0.25, 0.3) is 10.9 Å². The Morgan fingerprint density at radius 1 is 1.33 bits per heavy atom. The van der Waals surface area contributed by atoms with Crippen LogP contribution in [0.15, 0.2) is 30.3 Å². The minimum absolute atomic E-state index is 0.0438. The predicted octanol–water partition coefficient (Wildman–Crippen LogP) is 2.57. The van der Waals surface area contributed by atoms with E-state index in [1.165, 1.54) is 12.8 Å². The molecular weight excluding hydrogens is 224 g/mol. The Balaban J connectivity index is 2.01. The lowest BCUT2D eigenvalue weighted by Crippen LogP contribution is -2.22. The van der Waals surface area contributed by atoms with E-state index in [9.17, 15) is 5.11 Å². The van der Waals surface area contributed by atoms with Gasteiger partial charge in [-0.25, -0.2) is 4.98 Å². The van der Waals surface area contributed by atoms with Crippen LogP contribution in [0.5, 0.6) is 0 Å². The standard InChI is InChI=1S/C15H18N2O/c1-17(9-11-6-7-11)15-13(10-18)8-12-4-2-3-5-14(12)16-15/h2-5,8,11,18H,6-7,9-10H2,1H3. The fraction of sp³-hybridized carbons (Fsp3) is 0.400. The highest BCUT2D eigenvalue weighted by Gasteiger charge is 2.24. The zero-order chi connectivity index (χ0) is 12.5. The molecule has 94 valence electrons. The molecule has 1 fully saturated rings. The van der Waals surface area contributed by atoms with Crippen molar-refractivity contribution in [3.63, 3.8) is 0 Å². The van der Waals surface area contributed by atoms with Crippen molar-refractivity contribution in [3.8, 4) is 0 Å². The van der Waals surface area contributed by atoms with Gasteiger partial charge in [-0.2, -0.15) is 0 Å². The van der Waals surface area contributed by atoms with Crippen LogP contribution in [0.4, 0.5) is 5.82 Å². The molecule has 3 rings (SSSR count). The van der Waals surface area contributed by atoms with E-state index in [4.69, 9.17) is 4.98 Å². The van der Waals surface area contributed by atoms with Crippen LogP contribution in [0.2, 0.25) is 0 Å². The molecule has 0 radical (unpaired) electrons. The van der Waals surface area contributed by atoms with Crippen LogP contribution in [-0.4, -0.2) is 23.7 Å². The third-order valence-corrected chi connectivity index (χ3v) is 3.54. The Morgan fingerprint density at radius 2 is 2.11 bits per heavy atom. The summed E-state index contributed by atoms with van der Waals surface area (Å²) in [4.78, 5) is 6.87. The maximum absolute atomic E-state index is 9.51. The molecule has 1 aromatic carbocycles. The van der Waals surface area contributed by atoms with Crippen LogP contribution < -0.4 is 4.90 Å². The van der Waals surface area contributed by atoms with E-state index in [2.05, 4.69) is 11.9 Å². The Kier molecular flexibility index (Phi) is 2.92. The van der Waals surface area contributed by atoms with Gasteiger partial charge in [-0.1, -0.05) is 18.2 Å². The van der Waals surface area contributed by atoms with Crippen molar-refractivity contribution in [2.45, 2.75) is 19.4 Å². The molecule has 0 spiro atoms. The Hall–Kier alpha value is -1.61. The number of anilines is 1. The molecule has 1 aromatic heterocycles. The normalized spacial score (nSPS) is 15.0. The van der Waals surface area contributed by atoms with Gasteiger partial charge in [0.1, 0.15) is 5.82 Å². The second-order valence-corrected chi connectivity index (χ2v) is 5.15. The SMILES string of the molecule is CN(CC1CC1)c1nc2ccccc2cc1CO. The van der Waals surface area contributed by atoms with Crippen LogP contribution in [0.1, 0.15) is 18.4 Å². The van der Waals surface area contributed by atoms with Crippen molar-refractivity contribution < 1.29 is 5.11 Å². The van der Waals surface area contributed by atoms with Gasteiger partial charge in [0.05, 0.1) is 12.1 Å². The number of benzene rings is 1. The highest BCUT2D eigenvalue weighted by molar-refractivity contribution is 5.81. The summed E-state index contributed by atoms with van der Waals surface area (Å²) in [7, 11) is 2.06. The van der Waals surface area contributed by atoms with Crippen molar-refractivity contribution in [1.82, 2.24) is 4.98 Å².